The molecule has 1 aromatic carbocycles. The lowest BCUT2D eigenvalue weighted by Gasteiger charge is -2.34. The average molecular weight is 403 g/mol. The average Bonchev–Trinajstić information content (AvgIpc) is 3.23. The van der Waals surface area contributed by atoms with Crippen LogP contribution in [-0.2, 0) is 4.74 Å². The quantitative estimate of drug-likeness (QED) is 0.769. The number of nitrogens with zero attached hydrogens (tertiary/aromatic N) is 4. The zero-order chi connectivity index (χ0) is 19.3. The molecule has 8 heteroatoms. The van der Waals surface area contributed by atoms with E-state index in [0.717, 1.165) is 51.3 Å². The summed E-state index contributed by atoms with van der Waals surface area (Å²) in [6, 6.07) is 8.37. The second kappa shape index (κ2) is 8.94. The van der Waals surface area contributed by atoms with Gasteiger partial charge in [0.2, 0.25) is 5.95 Å². The molecule has 1 aromatic heterocycles. The Morgan fingerprint density at radius 3 is 2.89 bits per heavy atom. The van der Waals surface area contributed by atoms with Crippen molar-refractivity contribution in [1.29, 1.82) is 0 Å². The van der Waals surface area contributed by atoms with Crippen LogP contribution >= 0.6 is 11.6 Å². The van der Waals surface area contributed by atoms with E-state index in [9.17, 15) is 0 Å². The smallest absolute Gasteiger partial charge is 0.229 e. The van der Waals surface area contributed by atoms with Crippen molar-refractivity contribution in [2.45, 2.75) is 18.9 Å². The molecule has 1 atom stereocenters. The minimum atomic E-state index is 0.225. The van der Waals surface area contributed by atoms with Gasteiger partial charge in [0.1, 0.15) is 5.02 Å². The third-order valence-corrected chi connectivity index (χ3v) is 5.51. The predicted molar refractivity (Wildman–Crippen MR) is 114 cm³/mol. The highest BCUT2D eigenvalue weighted by molar-refractivity contribution is 6.32. The number of hydrogen-bond donors (Lipinski definition) is 2. The Morgan fingerprint density at radius 2 is 2.11 bits per heavy atom. The fraction of sp³-hybridized carbons (Fsp3) is 0.500. The standard InChI is InChI=1S/C20H27ClN6O/c1-26-7-9-27(10-8-26)16-5-2-4-15(12-16)24-20-23-14-18(21)19(25-20)22-13-17-6-3-11-28-17/h2,4-5,12,14,17H,3,6-11,13H2,1H3,(H2,22,23,24,25)/t17-/m1/s1. The summed E-state index contributed by atoms with van der Waals surface area (Å²) in [6.45, 7) is 5.77. The zero-order valence-electron chi connectivity index (χ0n) is 16.2. The largest absolute Gasteiger partial charge is 0.376 e. The molecule has 2 aliphatic heterocycles. The van der Waals surface area contributed by atoms with E-state index < -0.39 is 0 Å². The number of rotatable bonds is 6. The first kappa shape index (κ1) is 19.2. The molecule has 2 fully saturated rings. The van der Waals surface area contributed by atoms with Crippen molar-refractivity contribution in [2.75, 3.05) is 61.9 Å². The summed E-state index contributed by atoms with van der Waals surface area (Å²) in [4.78, 5) is 13.6. The summed E-state index contributed by atoms with van der Waals surface area (Å²) in [5.41, 5.74) is 2.17. The van der Waals surface area contributed by atoms with Crippen LogP contribution < -0.4 is 15.5 Å². The van der Waals surface area contributed by atoms with E-state index in [0.29, 0.717) is 23.3 Å². The highest BCUT2D eigenvalue weighted by atomic mass is 35.5. The Kier molecular flexibility index (Phi) is 6.14. The maximum atomic E-state index is 6.26. The van der Waals surface area contributed by atoms with E-state index in [1.807, 2.05) is 6.07 Å². The molecule has 2 aliphatic rings. The van der Waals surface area contributed by atoms with Gasteiger partial charge in [-0.1, -0.05) is 17.7 Å². The van der Waals surface area contributed by atoms with Crippen molar-refractivity contribution in [3.8, 4) is 0 Å². The number of aromatic nitrogens is 2. The molecule has 2 N–H and O–H groups in total. The molecule has 150 valence electrons. The Morgan fingerprint density at radius 1 is 1.25 bits per heavy atom. The van der Waals surface area contributed by atoms with Gasteiger partial charge < -0.3 is 25.2 Å². The molecule has 2 aromatic rings. The van der Waals surface area contributed by atoms with Crippen molar-refractivity contribution in [1.82, 2.24) is 14.9 Å². The Bertz CT molecular complexity index is 790. The minimum absolute atomic E-state index is 0.225. The van der Waals surface area contributed by atoms with E-state index in [1.54, 1.807) is 6.20 Å². The topological polar surface area (TPSA) is 65.5 Å². The van der Waals surface area contributed by atoms with Crippen LogP contribution in [0.1, 0.15) is 12.8 Å². The number of ether oxygens (including phenoxy) is 1. The summed E-state index contributed by atoms with van der Waals surface area (Å²) in [5.74, 6) is 1.15. The lowest BCUT2D eigenvalue weighted by atomic mass is 10.2. The molecule has 2 saturated heterocycles. The maximum absolute atomic E-state index is 6.26. The number of piperazine rings is 1. The number of benzene rings is 1. The summed E-state index contributed by atoms with van der Waals surface area (Å²) >= 11 is 6.26. The molecule has 3 heterocycles. The van der Waals surface area contributed by atoms with Crippen LogP contribution in [0.5, 0.6) is 0 Å². The van der Waals surface area contributed by atoms with E-state index in [2.05, 4.69) is 55.6 Å². The van der Waals surface area contributed by atoms with Gasteiger partial charge in [0.25, 0.3) is 0 Å². The molecule has 0 radical (unpaired) electrons. The van der Waals surface area contributed by atoms with Gasteiger partial charge in [-0.3, -0.25) is 0 Å². The second-order valence-electron chi connectivity index (χ2n) is 7.37. The summed E-state index contributed by atoms with van der Waals surface area (Å²) in [7, 11) is 2.16. The van der Waals surface area contributed by atoms with Crippen LogP contribution in [0.25, 0.3) is 0 Å². The monoisotopic (exact) mass is 402 g/mol. The molecule has 0 bridgehead atoms. The third kappa shape index (κ3) is 4.84. The normalized spacial score (nSPS) is 20.4. The lowest BCUT2D eigenvalue weighted by molar-refractivity contribution is 0.120. The Labute approximate surface area is 171 Å². The first-order chi connectivity index (χ1) is 13.7. The maximum Gasteiger partial charge on any atom is 0.229 e. The number of likely N-dealkylation sites (N-methyl/N-ethyl adjacent to an activating group) is 1. The molecule has 0 saturated carbocycles. The van der Waals surface area contributed by atoms with Crippen LogP contribution in [0.2, 0.25) is 5.02 Å². The van der Waals surface area contributed by atoms with Crippen molar-refractivity contribution < 1.29 is 4.74 Å². The third-order valence-electron chi connectivity index (χ3n) is 5.24. The highest BCUT2D eigenvalue weighted by Gasteiger charge is 2.17. The van der Waals surface area contributed by atoms with E-state index in [4.69, 9.17) is 16.3 Å². The van der Waals surface area contributed by atoms with Crippen molar-refractivity contribution >= 4 is 34.7 Å². The van der Waals surface area contributed by atoms with Gasteiger partial charge >= 0.3 is 0 Å². The van der Waals surface area contributed by atoms with Gasteiger partial charge in [-0.25, -0.2) is 4.98 Å². The highest BCUT2D eigenvalue weighted by Crippen LogP contribution is 2.25. The summed E-state index contributed by atoms with van der Waals surface area (Å²) < 4.78 is 5.65. The Balaban J connectivity index is 1.42. The molecule has 7 nitrogen and oxygen atoms in total. The first-order valence-electron chi connectivity index (χ1n) is 9.86. The van der Waals surface area contributed by atoms with Crippen molar-refractivity contribution in [2.24, 2.45) is 0 Å². The van der Waals surface area contributed by atoms with Gasteiger partial charge in [0, 0.05) is 50.7 Å². The fourth-order valence-electron chi connectivity index (χ4n) is 3.54. The number of anilines is 4. The number of nitrogens with one attached hydrogen (secondary N) is 2. The van der Waals surface area contributed by atoms with Gasteiger partial charge in [-0.15, -0.1) is 0 Å². The van der Waals surface area contributed by atoms with E-state index >= 15 is 0 Å². The minimum Gasteiger partial charge on any atom is -0.376 e. The predicted octanol–water partition coefficient (Wildman–Crippen LogP) is 3.22. The molecule has 0 aliphatic carbocycles. The SMILES string of the molecule is CN1CCN(c2cccc(Nc3ncc(Cl)c(NC[C@H]4CCCO4)n3)c2)CC1. The van der Waals surface area contributed by atoms with Crippen LogP contribution in [0.4, 0.5) is 23.1 Å². The van der Waals surface area contributed by atoms with Gasteiger partial charge in [0.15, 0.2) is 5.82 Å². The zero-order valence-corrected chi connectivity index (χ0v) is 17.0. The lowest BCUT2D eigenvalue weighted by Crippen LogP contribution is -2.44. The Hall–Kier alpha value is -2.09. The van der Waals surface area contributed by atoms with Crippen LogP contribution in [-0.4, -0.2) is 67.4 Å². The van der Waals surface area contributed by atoms with Gasteiger partial charge in [-0.2, -0.15) is 4.98 Å². The van der Waals surface area contributed by atoms with Crippen molar-refractivity contribution in [3.05, 3.63) is 35.5 Å². The van der Waals surface area contributed by atoms with Gasteiger partial charge in [-0.05, 0) is 38.1 Å². The molecule has 0 spiro atoms. The van der Waals surface area contributed by atoms with Gasteiger partial charge in [0.05, 0.1) is 12.3 Å². The number of hydrogen-bond acceptors (Lipinski definition) is 7. The molecule has 0 unspecified atom stereocenters. The molecule has 28 heavy (non-hydrogen) atoms. The van der Waals surface area contributed by atoms with Crippen LogP contribution in [0, 0.1) is 0 Å². The second-order valence-corrected chi connectivity index (χ2v) is 7.78. The molecular formula is C20H27ClN6O. The van der Waals surface area contributed by atoms with Crippen LogP contribution in [0.15, 0.2) is 30.5 Å². The first-order valence-corrected chi connectivity index (χ1v) is 10.2. The van der Waals surface area contributed by atoms with E-state index in [-0.39, 0.29) is 6.10 Å². The van der Waals surface area contributed by atoms with E-state index in [1.165, 1.54) is 5.69 Å². The molecule has 0 amide bonds. The number of halogens is 1. The van der Waals surface area contributed by atoms with Crippen LogP contribution in [0.3, 0.4) is 0 Å². The molecule has 4 rings (SSSR count). The molecular weight excluding hydrogens is 376 g/mol. The summed E-state index contributed by atoms with van der Waals surface area (Å²) in [5, 5.41) is 7.09. The fourth-order valence-corrected chi connectivity index (χ4v) is 3.70. The van der Waals surface area contributed by atoms with Crippen molar-refractivity contribution in [3.63, 3.8) is 0 Å². The summed E-state index contributed by atoms with van der Waals surface area (Å²) in [6.07, 6.45) is 4.03.